The number of fused-ring (bicyclic) bond motifs is 1. The fourth-order valence-corrected chi connectivity index (χ4v) is 3.55. The maximum Gasteiger partial charge on any atom is 0.297 e. The fourth-order valence-electron chi connectivity index (χ4n) is 2.45. The summed E-state index contributed by atoms with van der Waals surface area (Å²) in [6.45, 7) is 2.77. The van der Waals surface area contributed by atoms with E-state index in [2.05, 4.69) is 0 Å². The van der Waals surface area contributed by atoms with Gasteiger partial charge in [-0.25, -0.2) is 0 Å². The van der Waals surface area contributed by atoms with E-state index in [1.807, 2.05) is 6.92 Å². The standard InChI is InChI=1S/C13H16O5S/c1-9-2-4-10(5-3-9)19(14,15)18-12-8-17-13-11(12)6-7-16-13/h2-5,11-13H,6-8H2,1H3/t11-,12?,13+/m0/s1. The third-order valence-electron chi connectivity index (χ3n) is 3.55. The van der Waals surface area contributed by atoms with E-state index in [-0.39, 0.29) is 23.7 Å². The van der Waals surface area contributed by atoms with E-state index in [1.165, 1.54) is 0 Å². The van der Waals surface area contributed by atoms with Gasteiger partial charge in [0, 0.05) is 5.92 Å². The maximum atomic E-state index is 12.2. The van der Waals surface area contributed by atoms with Gasteiger partial charge in [0.25, 0.3) is 10.1 Å². The van der Waals surface area contributed by atoms with Crippen molar-refractivity contribution in [3.8, 4) is 0 Å². The van der Waals surface area contributed by atoms with Gasteiger partial charge in [-0.1, -0.05) is 17.7 Å². The molecular formula is C13H16O5S. The number of rotatable bonds is 3. The Morgan fingerprint density at radius 2 is 1.95 bits per heavy atom. The Kier molecular flexibility index (Phi) is 3.34. The van der Waals surface area contributed by atoms with Crippen LogP contribution in [0.4, 0.5) is 0 Å². The molecule has 0 radical (unpaired) electrons. The predicted octanol–water partition coefficient (Wildman–Crippen LogP) is 1.46. The van der Waals surface area contributed by atoms with E-state index in [0.717, 1.165) is 12.0 Å². The molecule has 0 N–H and O–H groups in total. The number of aryl methyl sites for hydroxylation is 1. The van der Waals surface area contributed by atoms with Crippen LogP contribution in [0.5, 0.6) is 0 Å². The van der Waals surface area contributed by atoms with Crippen LogP contribution in [0.3, 0.4) is 0 Å². The van der Waals surface area contributed by atoms with Crippen molar-refractivity contribution in [2.24, 2.45) is 5.92 Å². The molecule has 0 spiro atoms. The molecule has 5 nitrogen and oxygen atoms in total. The summed E-state index contributed by atoms with van der Waals surface area (Å²) in [5.74, 6) is 0.0141. The van der Waals surface area contributed by atoms with E-state index >= 15 is 0 Å². The molecule has 2 fully saturated rings. The first-order valence-corrected chi connectivity index (χ1v) is 7.70. The van der Waals surface area contributed by atoms with Crippen molar-refractivity contribution in [3.63, 3.8) is 0 Å². The molecule has 1 aromatic carbocycles. The van der Waals surface area contributed by atoms with Crippen molar-refractivity contribution in [2.45, 2.75) is 30.6 Å². The van der Waals surface area contributed by atoms with Crippen molar-refractivity contribution in [3.05, 3.63) is 29.8 Å². The fraction of sp³-hybridized carbons (Fsp3) is 0.538. The Bertz CT molecular complexity index is 551. The molecule has 19 heavy (non-hydrogen) atoms. The van der Waals surface area contributed by atoms with Crippen LogP contribution in [0.25, 0.3) is 0 Å². The lowest BCUT2D eigenvalue weighted by Crippen LogP contribution is -2.26. The van der Waals surface area contributed by atoms with Gasteiger partial charge >= 0.3 is 0 Å². The second-order valence-electron chi connectivity index (χ2n) is 4.93. The lowest BCUT2D eigenvalue weighted by Gasteiger charge is -2.15. The van der Waals surface area contributed by atoms with Crippen molar-refractivity contribution in [1.82, 2.24) is 0 Å². The average molecular weight is 284 g/mol. The Labute approximate surface area is 112 Å². The second kappa shape index (κ2) is 4.86. The van der Waals surface area contributed by atoms with Crippen LogP contribution in [-0.2, 0) is 23.8 Å². The summed E-state index contributed by atoms with van der Waals surface area (Å²) in [5, 5.41) is 0. The van der Waals surface area contributed by atoms with Crippen molar-refractivity contribution in [2.75, 3.05) is 13.2 Å². The molecule has 104 valence electrons. The van der Waals surface area contributed by atoms with Crippen LogP contribution in [0.2, 0.25) is 0 Å². The third kappa shape index (κ3) is 2.53. The molecular weight excluding hydrogens is 268 g/mol. The average Bonchev–Trinajstić information content (AvgIpc) is 2.95. The lowest BCUT2D eigenvalue weighted by molar-refractivity contribution is -0.0906. The highest BCUT2D eigenvalue weighted by molar-refractivity contribution is 7.86. The molecule has 0 aromatic heterocycles. The van der Waals surface area contributed by atoms with Gasteiger partial charge in [0.1, 0.15) is 6.10 Å². The van der Waals surface area contributed by atoms with Crippen LogP contribution >= 0.6 is 0 Å². The Balaban J connectivity index is 1.76. The molecule has 2 aliphatic rings. The number of hydrogen-bond acceptors (Lipinski definition) is 5. The topological polar surface area (TPSA) is 61.8 Å². The van der Waals surface area contributed by atoms with Gasteiger partial charge in [0.05, 0.1) is 18.1 Å². The molecule has 2 aliphatic heterocycles. The summed E-state index contributed by atoms with van der Waals surface area (Å²) < 4.78 is 40.4. The number of benzene rings is 1. The summed E-state index contributed by atoms with van der Waals surface area (Å²) >= 11 is 0. The van der Waals surface area contributed by atoms with Crippen LogP contribution in [0.1, 0.15) is 12.0 Å². The van der Waals surface area contributed by atoms with E-state index in [0.29, 0.717) is 6.61 Å². The third-order valence-corrected chi connectivity index (χ3v) is 4.90. The number of hydrogen-bond donors (Lipinski definition) is 0. The zero-order valence-corrected chi connectivity index (χ0v) is 11.4. The summed E-state index contributed by atoms with van der Waals surface area (Å²) in [4.78, 5) is 0.181. The van der Waals surface area contributed by atoms with Crippen molar-refractivity contribution >= 4 is 10.1 Å². The largest absolute Gasteiger partial charge is 0.352 e. The molecule has 3 atom stereocenters. The minimum atomic E-state index is -3.73. The zero-order valence-electron chi connectivity index (χ0n) is 10.6. The molecule has 2 saturated heterocycles. The minimum Gasteiger partial charge on any atom is -0.352 e. The lowest BCUT2D eigenvalue weighted by atomic mass is 10.0. The number of ether oxygens (including phenoxy) is 2. The van der Waals surface area contributed by atoms with Crippen molar-refractivity contribution in [1.29, 1.82) is 0 Å². The maximum absolute atomic E-state index is 12.2. The van der Waals surface area contributed by atoms with Gasteiger partial charge in [-0.15, -0.1) is 0 Å². The van der Waals surface area contributed by atoms with E-state index in [9.17, 15) is 8.42 Å². The molecule has 6 heteroatoms. The smallest absolute Gasteiger partial charge is 0.297 e. The van der Waals surface area contributed by atoms with Gasteiger partial charge in [-0.3, -0.25) is 4.18 Å². The Morgan fingerprint density at radius 3 is 2.68 bits per heavy atom. The van der Waals surface area contributed by atoms with Crippen LogP contribution in [0, 0.1) is 12.8 Å². The molecule has 2 heterocycles. The van der Waals surface area contributed by atoms with Gasteiger partial charge in [0.2, 0.25) is 0 Å². The zero-order chi connectivity index (χ0) is 13.5. The van der Waals surface area contributed by atoms with Crippen LogP contribution in [-0.4, -0.2) is 34.0 Å². The second-order valence-corrected chi connectivity index (χ2v) is 6.50. The van der Waals surface area contributed by atoms with Gasteiger partial charge in [0.15, 0.2) is 6.29 Å². The highest BCUT2D eigenvalue weighted by atomic mass is 32.2. The summed E-state index contributed by atoms with van der Waals surface area (Å²) in [7, 11) is -3.73. The molecule has 0 amide bonds. The minimum absolute atomic E-state index is 0.0141. The molecule has 1 unspecified atom stereocenters. The first kappa shape index (κ1) is 13.1. The van der Waals surface area contributed by atoms with Gasteiger partial charge < -0.3 is 9.47 Å². The van der Waals surface area contributed by atoms with Gasteiger partial charge in [-0.05, 0) is 25.5 Å². The SMILES string of the molecule is Cc1ccc(S(=O)(=O)OC2CO[C@H]3OCC[C@@H]23)cc1. The quantitative estimate of drug-likeness (QED) is 0.786. The van der Waals surface area contributed by atoms with Gasteiger partial charge in [-0.2, -0.15) is 8.42 Å². The Morgan fingerprint density at radius 1 is 1.21 bits per heavy atom. The normalized spacial score (nSPS) is 30.5. The molecule has 3 rings (SSSR count). The molecule has 0 aliphatic carbocycles. The molecule has 0 bridgehead atoms. The van der Waals surface area contributed by atoms with Crippen molar-refractivity contribution < 1.29 is 22.1 Å². The highest BCUT2D eigenvalue weighted by Gasteiger charge is 2.44. The summed E-state index contributed by atoms with van der Waals surface area (Å²) in [6, 6.07) is 6.62. The summed E-state index contributed by atoms with van der Waals surface area (Å²) in [5.41, 5.74) is 1.01. The Hall–Kier alpha value is -0.950. The molecule has 1 aromatic rings. The first-order valence-electron chi connectivity index (χ1n) is 6.29. The van der Waals surface area contributed by atoms with E-state index in [1.54, 1.807) is 24.3 Å². The monoisotopic (exact) mass is 284 g/mol. The van der Waals surface area contributed by atoms with E-state index in [4.69, 9.17) is 13.7 Å². The predicted molar refractivity (Wildman–Crippen MR) is 67.0 cm³/mol. The van der Waals surface area contributed by atoms with E-state index < -0.39 is 16.2 Å². The van der Waals surface area contributed by atoms with Crippen LogP contribution < -0.4 is 0 Å². The summed E-state index contributed by atoms with van der Waals surface area (Å²) in [6.07, 6.45) is 0.0238. The molecule has 0 saturated carbocycles. The van der Waals surface area contributed by atoms with Crippen LogP contribution in [0.15, 0.2) is 29.2 Å². The first-order chi connectivity index (χ1) is 9.06. The highest BCUT2D eigenvalue weighted by Crippen LogP contribution is 2.34.